The zero-order valence-electron chi connectivity index (χ0n) is 9.83. The highest BCUT2D eigenvalue weighted by atomic mass is 35.5. The number of pyridine rings is 1. The molecule has 0 spiro atoms. The molecule has 0 aromatic carbocycles. The normalized spacial score (nSPS) is 9.61. The second-order valence-electron chi connectivity index (χ2n) is 3.34. The molecule has 0 atom stereocenters. The highest BCUT2D eigenvalue weighted by Gasteiger charge is 2.09. The van der Waals surface area contributed by atoms with Crippen molar-refractivity contribution in [2.75, 3.05) is 6.61 Å². The summed E-state index contributed by atoms with van der Waals surface area (Å²) in [5.41, 5.74) is 1.56. The van der Waals surface area contributed by atoms with Crippen molar-refractivity contribution >= 4 is 29.7 Å². The summed E-state index contributed by atoms with van der Waals surface area (Å²) in [5, 5.41) is 2.69. The molecule has 0 saturated heterocycles. The monoisotopic (exact) mass is 284 g/mol. The molecule has 2 aromatic heterocycles. The molecule has 0 unspecified atom stereocenters. The molecule has 0 fully saturated rings. The smallest absolute Gasteiger partial charge is 0.311 e. The van der Waals surface area contributed by atoms with Crippen molar-refractivity contribution in [3.05, 3.63) is 35.5 Å². The van der Waals surface area contributed by atoms with E-state index in [9.17, 15) is 4.79 Å². The van der Waals surface area contributed by atoms with Crippen LogP contribution in [0.15, 0.2) is 29.8 Å². The molecule has 0 aliphatic carbocycles. The summed E-state index contributed by atoms with van der Waals surface area (Å²) in [6, 6.07) is 5.67. The first-order valence-electron chi connectivity index (χ1n) is 5.31. The molecule has 0 bridgehead atoms. The summed E-state index contributed by atoms with van der Waals surface area (Å²) in [6.45, 7) is 2.19. The van der Waals surface area contributed by atoms with Gasteiger partial charge in [-0.2, -0.15) is 0 Å². The number of thiazole rings is 1. The summed E-state index contributed by atoms with van der Waals surface area (Å²) >= 11 is 1.48. The highest BCUT2D eigenvalue weighted by Crippen LogP contribution is 2.21. The van der Waals surface area contributed by atoms with Gasteiger partial charge in [-0.15, -0.1) is 23.7 Å². The Morgan fingerprint density at radius 2 is 2.28 bits per heavy atom. The van der Waals surface area contributed by atoms with Gasteiger partial charge in [-0.1, -0.05) is 6.07 Å². The molecule has 4 nitrogen and oxygen atoms in total. The zero-order valence-corrected chi connectivity index (χ0v) is 11.5. The van der Waals surface area contributed by atoms with E-state index in [0.717, 1.165) is 16.4 Å². The predicted octanol–water partition coefficient (Wildman–Crippen LogP) is 2.73. The molecule has 0 radical (unpaired) electrons. The van der Waals surface area contributed by atoms with Crippen molar-refractivity contribution in [1.82, 2.24) is 9.97 Å². The van der Waals surface area contributed by atoms with Crippen LogP contribution in [0.3, 0.4) is 0 Å². The van der Waals surface area contributed by atoms with E-state index in [2.05, 4.69) is 9.97 Å². The first kappa shape index (κ1) is 14.6. The minimum Gasteiger partial charge on any atom is -0.466 e. The first-order valence-corrected chi connectivity index (χ1v) is 6.19. The van der Waals surface area contributed by atoms with Gasteiger partial charge >= 0.3 is 5.97 Å². The molecule has 96 valence electrons. The highest BCUT2D eigenvalue weighted by molar-refractivity contribution is 7.13. The van der Waals surface area contributed by atoms with Crippen molar-refractivity contribution in [2.45, 2.75) is 13.3 Å². The summed E-state index contributed by atoms with van der Waals surface area (Å²) in [5.74, 6) is -0.245. The average molecular weight is 285 g/mol. The van der Waals surface area contributed by atoms with Crippen molar-refractivity contribution in [1.29, 1.82) is 0 Å². The van der Waals surface area contributed by atoms with Crippen LogP contribution in [0.2, 0.25) is 0 Å². The Balaban J connectivity index is 0.00000162. The maximum Gasteiger partial charge on any atom is 0.311 e. The van der Waals surface area contributed by atoms with Crippen molar-refractivity contribution in [2.24, 2.45) is 0 Å². The molecule has 2 rings (SSSR count). The van der Waals surface area contributed by atoms with Gasteiger partial charge in [0.05, 0.1) is 24.4 Å². The SMILES string of the molecule is CCOC(=O)Cc1csc(-c2ccccn2)n1.Cl. The number of carbonyl (C=O) groups is 1. The van der Waals surface area contributed by atoms with Gasteiger partial charge in [-0.3, -0.25) is 9.78 Å². The Labute approximate surface area is 115 Å². The van der Waals surface area contributed by atoms with E-state index in [0.29, 0.717) is 6.61 Å². The molecule has 0 N–H and O–H groups in total. The fourth-order valence-electron chi connectivity index (χ4n) is 1.35. The number of rotatable bonds is 4. The van der Waals surface area contributed by atoms with Crippen LogP contribution >= 0.6 is 23.7 Å². The number of halogens is 1. The lowest BCUT2D eigenvalue weighted by Gasteiger charge is -1.98. The molecule has 2 aromatic rings. The van der Waals surface area contributed by atoms with Crippen LogP contribution in [0.25, 0.3) is 10.7 Å². The minimum absolute atomic E-state index is 0. The maximum atomic E-state index is 11.3. The lowest BCUT2D eigenvalue weighted by Crippen LogP contribution is -2.07. The summed E-state index contributed by atoms with van der Waals surface area (Å²) in [7, 11) is 0. The molecular weight excluding hydrogens is 272 g/mol. The van der Waals surface area contributed by atoms with Crippen LogP contribution in [0, 0.1) is 0 Å². The molecule has 0 aliphatic rings. The van der Waals surface area contributed by atoms with Crippen LogP contribution < -0.4 is 0 Å². The Hall–Kier alpha value is -1.46. The van der Waals surface area contributed by atoms with Gasteiger partial charge < -0.3 is 4.74 Å². The quantitative estimate of drug-likeness (QED) is 0.810. The minimum atomic E-state index is -0.245. The van der Waals surface area contributed by atoms with E-state index >= 15 is 0 Å². The number of hydrogen-bond donors (Lipinski definition) is 0. The number of aromatic nitrogens is 2. The van der Waals surface area contributed by atoms with E-state index in [-0.39, 0.29) is 24.8 Å². The van der Waals surface area contributed by atoms with Crippen molar-refractivity contribution in [3.63, 3.8) is 0 Å². The van der Waals surface area contributed by atoms with E-state index < -0.39 is 0 Å². The van der Waals surface area contributed by atoms with E-state index in [4.69, 9.17) is 4.74 Å². The average Bonchev–Trinajstić information content (AvgIpc) is 2.79. The predicted molar refractivity (Wildman–Crippen MR) is 72.9 cm³/mol. The fourth-order valence-corrected chi connectivity index (χ4v) is 2.15. The van der Waals surface area contributed by atoms with Gasteiger partial charge in [0.15, 0.2) is 0 Å². The number of esters is 1. The number of hydrogen-bond acceptors (Lipinski definition) is 5. The van der Waals surface area contributed by atoms with Crippen LogP contribution in [0.5, 0.6) is 0 Å². The Kier molecular flexibility index (Phi) is 5.74. The number of ether oxygens (including phenoxy) is 1. The Bertz CT molecular complexity index is 502. The summed E-state index contributed by atoms with van der Waals surface area (Å²) in [6.07, 6.45) is 1.94. The van der Waals surface area contributed by atoms with Gasteiger partial charge in [0.2, 0.25) is 0 Å². The Morgan fingerprint density at radius 3 is 2.94 bits per heavy atom. The third kappa shape index (κ3) is 3.78. The first-order chi connectivity index (χ1) is 8.29. The molecule has 18 heavy (non-hydrogen) atoms. The van der Waals surface area contributed by atoms with Gasteiger partial charge in [-0.25, -0.2) is 4.98 Å². The lowest BCUT2D eigenvalue weighted by molar-refractivity contribution is -0.142. The summed E-state index contributed by atoms with van der Waals surface area (Å²) < 4.78 is 4.87. The van der Waals surface area contributed by atoms with Gasteiger partial charge in [0, 0.05) is 11.6 Å². The molecule has 6 heteroatoms. The van der Waals surface area contributed by atoms with Gasteiger partial charge in [-0.05, 0) is 19.1 Å². The lowest BCUT2D eigenvalue weighted by atomic mass is 10.3. The van der Waals surface area contributed by atoms with Crippen molar-refractivity contribution in [3.8, 4) is 10.7 Å². The molecule has 0 saturated carbocycles. The van der Waals surface area contributed by atoms with E-state index in [1.54, 1.807) is 13.1 Å². The third-order valence-corrected chi connectivity index (χ3v) is 2.98. The number of nitrogens with zero attached hydrogens (tertiary/aromatic N) is 2. The third-order valence-electron chi connectivity index (χ3n) is 2.07. The largest absolute Gasteiger partial charge is 0.466 e. The van der Waals surface area contributed by atoms with Gasteiger partial charge in [0.25, 0.3) is 0 Å². The van der Waals surface area contributed by atoms with Crippen LogP contribution in [0.1, 0.15) is 12.6 Å². The summed E-state index contributed by atoms with van der Waals surface area (Å²) in [4.78, 5) is 19.9. The van der Waals surface area contributed by atoms with Crippen LogP contribution in [0.4, 0.5) is 0 Å². The molecule has 0 aliphatic heterocycles. The number of carbonyl (C=O) groups excluding carboxylic acids is 1. The standard InChI is InChI=1S/C12H12N2O2S.ClH/c1-2-16-11(15)7-9-8-17-12(14-9)10-5-3-4-6-13-10;/h3-6,8H,2,7H2,1H3;1H. The zero-order chi connectivity index (χ0) is 12.1. The second kappa shape index (κ2) is 7.08. The molecule has 2 heterocycles. The fraction of sp³-hybridized carbons (Fsp3) is 0.250. The molecule has 0 amide bonds. The van der Waals surface area contributed by atoms with E-state index in [1.165, 1.54) is 11.3 Å². The van der Waals surface area contributed by atoms with Gasteiger partial charge in [0.1, 0.15) is 5.01 Å². The topological polar surface area (TPSA) is 52.1 Å². The van der Waals surface area contributed by atoms with Crippen molar-refractivity contribution < 1.29 is 9.53 Å². The maximum absolute atomic E-state index is 11.3. The van der Waals surface area contributed by atoms with Crippen LogP contribution in [-0.4, -0.2) is 22.5 Å². The van der Waals surface area contributed by atoms with Crippen LogP contribution in [-0.2, 0) is 16.0 Å². The van der Waals surface area contributed by atoms with E-state index in [1.807, 2.05) is 23.6 Å². The second-order valence-corrected chi connectivity index (χ2v) is 4.20. The molecular formula is C12H13ClN2O2S. The Morgan fingerprint density at radius 1 is 1.44 bits per heavy atom.